The van der Waals surface area contributed by atoms with E-state index in [0.29, 0.717) is 11.5 Å². The number of ether oxygens (including phenoxy) is 4. The molecule has 0 saturated carbocycles. The van der Waals surface area contributed by atoms with E-state index < -0.39 is 25.2 Å². The van der Waals surface area contributed by atoms with Gasteiger partial charge in [0.05, 0.1) is 24.4 Å². The maximum absolute atomic E-state index is 11.8. The van der Waals surface area contributed by atoms with Crippen molar-refractivity contribution < 1.29 is 38.7 Å². The highest BCUT2D eigenvalue weighted by atomic mass is 16.7. The van der Waals surface area contributed by atoms with Crippen molar-refractivity contribution in [3.63, 3.8) is 0 Å². The van der Waals surface area contributed by atoms with Gasteiger partial charge in [0.25, 0.3) is 0 Å². The van der Waals surface area contributed by atoms with E-state index in [0.717, 1.165) is 36.8 Å². The normalized spacial score (nSPS) is 10.8. The average molecular weight is 687 g/mol. The fourth-order valence-corrected chi connectivity index (χ4v) is 5.71. The van der Waals surface area contributed by atoms with Crippen LogP contribution < -0.4 is 9.47 Å². The number of aliphatic hydroxyl groups excluding tert-OH is 2. The van der Waals surface area contributed by atoms with Crippen LogP contribution in [-0.4, -0.2) is 49.0 Å². The summed E-state index contributed by atoms with van der Waals surface area (Å²) >= 11 is 0. The summed E-state index contributed by atoms with van der Waals surface area (Å²) in [5.41, 5.74) is 7.29. The van der Waals surface area contributed by atoms with E-state index in [4.69, 9.17) is 29.2 Å². The van der Waals surface area contributed by atoms with Gasteiger partial charge in [0.15, 0.2) is 0 Å². The number of hydrogen-bond donors (Lipinski definition) is 2. The number of rotatable bonds is 24. The molecule has 0 bridgehead atoms. The van der Waals surface area contributed by atoms with Crippen LogP contribution in [0.1, 0.15) is 89.2 Å². The Morgan fingerprint density at radius 2 is 0.900 bits per heavy atom. The topological polar surface area (TPSA) is 112 Å². The average Bonchev–Trinajstić information content (AvgIpc) is 3.14. The molecule has 0 aromatic heterocycles. The number of aliphatic hydroxyl groups is 2. The second-order valence-electron chi connectivity index (χ2n) is 12.4. The highest BCUT2D eigenvalue weighted by Gasteiger charge is 2.17. The van der Waals surface area contributed by atoms with Gasteiger partial charge >= 0.3 is 11.9 Å². The number of carbonyl (C=O) groups is 2. The number of hydrogen-bond acceptors (Lipinski definition) is 8. The van der Waals surface area contributed by atoms with Gasteiger partial charge in [0.1, 0.15) is 11.5 Å². The monoisotopic (exact) mass is 686 g/mol. The summed E-state index contributed by atoms with van der Waals surface area (Å²) in [5, 5.41) is 18.1. The Morgan fingerprint density at radius 1 is 0.540 bits per heavy atom. The molecule has 3 rings (SSSR count). The van der Waals surface area contributed by atoms with Crippen LogP contribution in [0.3, 0.4) is 0 Å². The smallest absolute Gasteiger partial charge is 0.338 e. The molecule has 2 N–H and O–H groups in total. The zero-order valence-corrected chi connectivity index (χ0v) is 29.8. The Balaban J connectivity index is 1.91. The third-order valence-electron chi connectivity index (χ3n) is 8.61. The van der Waals surface area contributed by atoms with E-state index in [2.05, 4.69) is 39.1 Å². The largest absolute Gasteiger partial charge is 0.457 e. The third-order valence-corrected chi connectivity index (χ3v) is 8.61. The van der Waals surface area contributed by atoms with Crippen LogP contribution in [-0.2, 0) is 31.9 Å². The second kappa shape index (κ2) is 22.3. The Hall–Kier alpha value is -4.40. The molecule has 0 fully saturated rings. The van der Waals surface area contributed by atoms with Gasteiger partial charge in [0, 0.05) is 0 Å². The van der Waals surface area contributed by atoms with Crippen LogP contribution in [0.2, 0.25) is 0 Å². The first-order valence-electron chi connectivity index (χ1n) is 17.9. The van der Waals surface area contributed by atoms with Crippen LogP contribution >= 0.6 is 0 Å². The van der Waals surface area contributed by atoms with Gasteiger partial charge in [-0.1, -0.05) is 115 Å². The minimum atomic E-state index is -0.691. The van der Waals surface area contributed by atoms with Crippen LogP contribution in [0.4, 0.5) is 0 Å². The van der Waals surface area contributed by atoms with Crippen LogP contribution in [0.15, 0.2) is 85.0 Å². The molecule has 8 nitrogen and oxygen atoms in total. The van der Waals surface area contributed by atoms with Gasteiger partial charge in [-0.25, -0.2) is 9.59 Å². The molecule has 0 saturated heterocycles. The first kappa shape index (κ1) is 40.0. The van der Waals surface area contributed by atoms with Crippen molar-refractivity contribution in [2.24, 2.45) is 0 Å². The summed E-state index contributed by atoms with van der Waals surface area (Å²) < 4.78 is 21.3. The highest BCUT2D eigenvalue weighted by Crippen LogP contribution is 2.37. The van der Waals surface area contributed by atoms with Gasteiger partial charge in [-0.2, -0.15) is 0 Å². The minimum absolute atomic E-state index is 0.0236. The fraction of sp³-hybridized carbons (Fsp3) is 0.429. The van der Waals surface area contributed by atoms with Crippen molar-refractivity contribution in [3.8, 4) is 33.8 Å². The van der Waals surface area contributed by atoms with Crippen molar-refractivity contribution in [1.29, 1.82) is 0 Å². The predicted octanol–water partition coefficient (Wildman–Crippen LogP) is 8.90. The number of benzene rings is 3. The lowest BCUT2D eigenvalue weighted by Crippen LogP contribution is -2.13. The van der Waals surface area contributed by atoms with Gasteiger partial charge in [-0.3, -0.25) is 0 Å². The minimum Gasteiger partial charge on any atom is -0.457 e. The Kier molecular flexibility index (Phi) is 17.9. The Morgan fingerprint density at radius 3 is 1.24 bits per heavy atom. The molecule has 50 heavy (non-hydrogen) atoms. The summed E-state index contributed by atoms with van der Waals surface area (Å²) in [4.78, 5) is 23.6. The number of carbonyl (C=O) groups excluding carboxylic acids is 2. The van der Waals surface area contributed by atoms with E-state index in [9.17, 15) is 9.59 Å². The van der Waals surface area contributed by atoms with E-state index >= 15 is 0 Å². The summed E-state index contributed by atoms with van der Waals surface area (Å²) in [6.45, 7) is 9.94. The maximum Gasteiger partial charge on any atom is 0.338 e. The van der Waals surface area contributed by atoms with Crippen molar-refractivity contribution >= 4 is 11.9 Å². The number of esters is 2. The molecule has 3 aromatic carbocycles. The molecule has 0 aliphatic carbocycles. The quantitative estimate of drug-likeness (QED) is 0.0416. The zero-order valence-electron chi connectivity index (χ0n) is 29.8. The van der Waals surface area contributed by atoms with Gasteiger partial charge in [-0.05, 0) is 83.3 Å². The molecular weight excluding hydrogens is 632 g/mol. The lowest BCUT2D eigenvalue weighted by Gasteiger charge is -2.21. The third kappa shape index (κ3) is 12.8. The molecule has 0 aliphatic heterocycles. The summed E-state index contributed by atoms with van der Waals surface area (Å²) in [6, 6.07) is 20.1. The molecule has 0 atom stereocenters. The van der Waals surface area contributed by atoms with Crippen LogP contribution in [0.25, 0.3) is 22.3 Å². The second-order valence-corrected chi connectivity index (χ2v) is 12.4. The molecule has 0 radical (unpaired) electrons. The van der Waals surface area contributed by atoms with Crippen LogP contribution in [0.5, 0.6) is 11.5 Å². The molecule has 0 amide bonds. The lowest BCUT2D eigenvalue weighted by atomic mass is 9.84. The first-order chi connectivity index (χ1) is 24.3. The van der Waals surface area contributed by atoms with Gasteiger partial charge < -0.3 is 29.2 Å². The first-order valence-corrected chi connectivity index (χ1v) is 17.9. The standard InChI is InChI=1S/C42H54O8/c1-5-7-9-11-13-15-39-37(33-17-21-35(22-18-33)47-29-49-41(45)31(3)27-43)25-26-38(40(39)16-14-12-10-8-6-2)34-19-23-36(24-20-34)48-30-50-42(46)32(4)28-44/h17-26,43-44H,3-16,27-30H2,1-2H3. The van der Waals surface area contributed by atoms with E-state index in [1.165, 1.54) is 73.6 Å². The Bertz CT molecular complexity index is 1390. The SMILES string of the molecule is C=C(CO)C(=O)OCOc1ccc(-c2ccc(-c3ccc(OCOC(=O)C(=C)CO)cc3)c(CCCCCCC)c2CCCCCCC)cc1. The van der Waals surface area contributed by atoms with Crippen molar-refractivity contribution in [3.05, 3.63) is 96.1 Å². The Labute approximate surface area is 297 Å². The van der Waals surface area contributed by atoms with Crippen molar-refractivity contribution in [2.75, 3.05) is 26.8 Å². The molecule has 8 heteroatoms. The molecule has 3 aromatic rings. The summed E-state index contributed by atoms with van der Waals surface area (Å²) in [6.07, 6.45) is 13.9. The van der Waals surface area contributed by atoms with Gasteiger partial charge in [-0.15, -0.1) is 0 Å². The molecule has 0 spiro atoms. The molecule has 0 aliphatic rings. The molecule has 0 unspecified atom stereocenters. The van der Waals surface area contributed by atoms with Crippen LogP contribution in [0, 0.1) is 0 Å². The highest BCUT2D eigenvalue weighted by molar-refractivity contribution is 5.88. The predicted molar refractivity (Wildman–Crippen MR) is 198 cm³/mol. The fourth-order valence-electron chi connectivity index (χ4n) is 5.71. The molecular formula is C42H54O8. The molecule has 0 heterocycles. The summed E-state index contributed by atoms with van der Waals surface area (Å²) in [5.74, 6) is -0.243. The summed E-state index contributed by atoms with van der Waals surface area (Å²) in [7, 11) is 0. The van der Waals surface area contributed by atoms with Crippen molar-refractivity contribution in [1.82, 2.24) is 0 Å². The maximum atomic E-state index is 11.8. The van der Waals surface area contributed by atoms with E-state index in [1.54, 1.807) is 0 Å². The van der Waals surface area contributed by atoms with Gasteiger partial charge in [0.2, 0.25) is 13.6 Å². The molecule has 270 valence electrons. The zero-order chi connectivity index (χ0) is 36.1. The van der Waals surface area contributed by atoms with E-state index in [-0.39, 0.29) is 24.7 Å². The van der Waals surface area contributed by atoms with E-state index in [1.807, 2.05) is 48.5 Å². The lowest BCUT2D eigenvalue weighted by molar-refractivity contribution is -0.146. The van der Waals surface area contributed by atoms with Crippen molar-refractivity contribution in [2.45, 2.75) is 90.9 Å². The number of unbranched alkanes of at least 4 members (excludes halogenated alkanes) is 8.